The zero-order valence-electron chi connectivity index (χ0n) is 9.74. The summed E-state index contributed by atoms with van der Waals surface area (Å²) in [5, 5.41) is 4.02. The van der Waals surface area contributed by atoms with Gasteiger partial charge in [0.05, 0.1) is 25.0 Å². The molecule has 0 aliphatic heterocycles. The lowest BCUT2D eigenvalue weighted by atomic mass is 10.3. The summed E-state index contributed by atoms with van der Waals surface area (Å²) < 4.78 is 19.1. The van der Waals surface area contributed by atoms with Crippen LogP contribution >= 0.6 is 22.9 Å². The fourth-order valence-electron chi connectivity index (χ4n) is 1.46. The molecule has 1 N–H and O–H groups in total. The number of nitrogens with zero attached hydrogens (tertiary/aromatic N) is 1. The van der Waals surface area contributed by atoms with Gasteiger partial charge in [-0.1, -0.05) is 11.6 Å². The summed E-state index contributed by atoms with van der Waals surface area (Å²) in [6.07, 6.45) is 1.61. The summed E-state index contributed by atoms with van der Waals surface area (Å²) in [7, 11) is 0. The lowest BCUT2D eigenvalue weighted by Crippen LogP contribution is -2.02. The van der Waals surface area contributed by atoms with E-state index < -0.39 is 0 Å². The number of benzene rings is 1. The van der Waals surface area contributed by atoms with Crippen LogP contribution in [0.3, 0.4) is 0 Å². The maximum absolute atomic E-state index is 13.1. The van der Waals surface area contributed by atoms with Crippen LogP contribution < -0.4 is 10.1 Å². The SMILES string of the molecule is CCOc1cc(F)ccc1NCc1ncc(Cl)s1. The van der Waals surface area contributed by atoms with Crippen LogP contribution in [0.4, 0.5) is 10.1 Å². The van der Waals surface area contributed by atoms with Crippen molar-refractivity contribution in [1.29, 1.82) is 0 Å². The molecule has 6 heteroatoms. The summed E-state index contributed by atoms with van der Waals surface area (Å²) in [4.78, 5) is 4.13. The highest BCUT2D eigenvalue weighted by molar-refractivity contribution is 7.15. The van der Waals surface area contributed by atoms with Gasteiger partial charge in [0.1, 0.15) is 20.9 Å². The number of hydrogen-bond donors (Lipinski definition) is 1. The largest absolute Gasteiger partial charge is 0.492 e. The maximum atomic E-state index is 13.1. The molecule has 0 spiro atoms. The van der Waals surface area contributed by atoms with E-state index in [0.29, 0.717) is 23.2 Å². The molecule has 0 aliphatic rings. The van der Waals surface area contributed by atoms with Crippen molar-refractivity contribution < 1.29 is 9.13 Å². The van der Waals surface area contributed by atoms with Crippen LogP contribution in [0, 0.1) is 5.82 Å². The number of ether oxygens (including phenoxy) is 1. The third kappa shape index (κ3) is 3.34. The fourth-order valence-corrected chi connectivity index (χ4v) is 2.35. The Labute approximate surface area is 114 Å². The van der Waals surface area contributed by atoms with Gasteiger partial charge in [-0.3, -0.25) is 0 Å². The number of nitrogens with one attached hydrogen (secondary N) is 1. The second kappa shape index (κ2) is 6.02. The molecule has 0 saturated heterocycles. The van der Waals surface area contributed by atoms with Gasteiger partial charge >= 0.3 is 0 Å². The van der Waals surface area contributed by atoms with Gasteiger partial charge in [-0.25, -0.2) is 9.37 Å². The van der Waals surface area contributed by atoms with Gasteiger partial charge in [-0.05, 0) is 19.1 Å². The van der Waals surface area contributed by atoms with Gasteiger partial charge in [0.15, 0.2) is 0 Å². The standard InChI is InChI=1S/C12H12ClFN2OS/c1-2-17-10-5-8(14)3-4-9(10)15-7-12-16-6-11(13)18-12/h3-6,15H,2,7H2,1H3. The smallest absolute Gasteiger partial charge is 0.145 e. The summed E-state index contributed by atoms with van der Waals surface area (Å²) in [6.45, 7) is 2.87. The highest BCUT2D eigenvalue weighted by Gasteiger charge is 2.06. The first kappa shape index (κ1) is 13.1. The highest BCUT2D eigenvalue weighted by atomic mass is 35.5. The van der Waals surface area contributed by atoms with Crippen LogP contribution in [0.2, 0.25) is 4.34 Å². The Morgan fingerprint density at radius 1 is 1.50 bits per heavy atom. The van der Waals surface area contributed by atoms with E-state index in [1.165, 1.54) is 23.5 Å². The Balaban J connectivity index is 2.08. The number of anilines is 1. The monoisotopic (exact) mass is 286 g/mol. The Morgan fingerprint density at radius 2 is 2.33 bits per heavy atom. The first-order valence-corrected chi connectivity index (χ1v) is 6.65. The molecule has 18 heavy (non-hydrogen) atoms. The van der Waals surface area contributed by atoms with E-state index in [9.17, 15) is 4.39 Å². The Morgan fingerprint density at radius 3 is 3.00 bits per heavy atom. The van der Waals surface area contributed by atoms with Gasteiger partial charge in [0.2, 0.25) is 0 Å². The molecule has 1 aromatic heterocycles. The average Bonchev–Trinajstić information content (AvgIpc) is 2.75. The van der Waals surface area contributed by atoms with Crippen molar-refractivity contribution in [3.05, 3.63) is 39.6 Å². The predicted octanol–water partition coefficient (Wildman–Crippen LogP) is 3.95. The van der Waals surface area contributed by atoms with E-state index in [2.05, 4.69) is 10.3 Å². The highest BCUT2D eigenvalue weighted by Crippen LogP contribution is 2.27. The van der Waals surface area contributed by atoms with E-state index in [1.54, 1.807) is 12.3 Å². The van der Waals surface area contributed by atoms with Crippen LogP contribution in [0.15, 0.2) is 24.4 Å². The van der Waals surface area contributed by atoms with Crippen molar-refractivity contribution >= 4 is 28.6 Å². The summed E-state index contributed by atoms with van der Waals surface area (Å²) >= 11 is 7.20. The number of rotatable bonds is 5. The number of aromatic nitrogens is 1. The molecule has 0 amide bonds. The van der Waals surface area contributed by atoms with Gasteiger partial charge in [0.25, 0.3) is 0 Å². The van der Waals surface area contributed by atoms with Crippen molar-refractivity contribution in [2.75, 3.05) is 11.9 Å². The summed E-state index contributed by atoms with van der Waals surface area (Å²) in [6, 6.07) is 4.40. The molecule has 0 radical (unpaired) electrons. The van der Waals surface area contributed by atoms with Gasteiger partial charge in [-0.15, -0.1) is 11.3 Å². The fraction of sp³-hybridized carbons (Fsp3) is 0.250. The van der Waals surface area contributed by atoms with E-state index in [1.807, 2.05) is 6.92 Å². The molecule has 0 atom stereocenters. The second-order valence-electron chi connectivity index (χ2n) is 3.49. The zero-order chi connectivity index (χ0) is 13.0. The van der Waals surface area contributed by atoms with Gasteiger partial charge in [-0.2, -0.15) is 0 Å². The van der Waals surface area contributed by atoms with Crippen molar-refractivity contribution in [1.82, 2.24) is 4.98 Å². The average molecular weight is 287 g/mol. The molecule has 2 aromatic rings. The molecule has 0 saturated carbocycles. The minimum atomic E-state index is -0.318. The number of thiazole rings is 1. The molecule has 1 heterocycles. The van der Waals surface area contributed by atoms with Crippen molar-refractivity contribution in [2.45, 2.75) is 13.5 Å². The van der Waals surface area contributed by atoms with E-state index in [0.717, 1.165) is 10.7 Å². The molecular formula is C12H12ClFN2OS. The van der Waals surface area contributed by atoms with Crippen LogP contribution in [-0.2, 0) is 6.54 Å². The lowest BCUT2D eigenvalue weighted by Gasteiger charge is -2.11. The van der Waals surface area contributed by atoms with Crippen LogP contribution in [-0.4, -0.2) is 11.6 Å². The minimum absolute atomic E-state index is 0.318. The van der Waals surface area contributed by atoms with Crippen LogP contribution in [0.5, 0.6) is 5.75 Å². The molecule has 0 fully saturated rings. The van der Waals surface area contributed by atoms with Crippen LogP contribution in [0.1, 0.15) is 11.9 Å². The predicted molar refractivity (Wildman–Crippen MR) is 72.0 cm³/mol. The maximum Gasteiger partial charge on any atom is 0.145 e. The topological polar surface area (TPSA) is 34.1 Å². The van der Waals surface area contributed by atoms with Crippen LogP contribution in [0.25, 0.3) is 0 Å². The van der Waals surface area contributed by atoms with E-state index in [4.69, 9.17) is 16.3 Å². The van der Waals surface area contributed by atoms with Crippen molar-refractivity contribution in [3.63, 3.8) is 0 Å². The normalized spacial score (nSPS) is 10.4. The van der Waals surface area contributed by atoms with Gasteiger partial charge < -0.3 is 10.1 Å². The summed E-state index contributed by atoms with van der Waals surface area (Å²) in [5.41, 5.74) is 0.740. The Bertz CT molecular complexity index is 533. The number of halogens is 2. The molecular weight excluding hydrogens is 275 g/mol. The van der Waals surface area contributed by atoms with E-state index in [-0.39, 0.29) is 5.82 Å². The number of hydrogen-bond acceptors (Lipinski definition) is 4. The molecule has 0 unspecified atom stereocenters. The molecule has 96 valence electrons. The molecule has 3 nitrogen and oxygen atoms in total. The first-order valence-electron chi connectivity index (χ1n) is 5.45. The molecule has 0 aliphatic carbocycles. The Hall–Kier alpha value is -1.33. The van der Waals surface area contributed by atoms with Crippen molar-refractivity contribution in [3.8, 4) is 5.75 Å². The third-order valence-corrected chi connectivity index (χ3v) is 3.31. The Kier molecular flexibility index (Phi) is 4.38. The molecule has 0 bridgehead atoms. The van der Waals surface area contributed by atoms with Crippen molar-refractivity contribution in [2.24, 2.45) is 0 Å². The first-order chi connectivity index (χ1) is 8.69. The second-order valence-corrected chi connectivity index (χ2v) is 5.23. The zero-order valence-corrected chi connectivity index (χ0v) is 11.3. The quantitative estimate of drug-likeness (QED) is 0.904. The molecule has 2 rings (SSSR count). The third-order valence-electron chi connectivity index (χ3n) is 2.20. The summed E-state index contributed by atoms with van der Waals surface area (Å²) in [5.74, 6) is 0.182. The lowest BCUT2D eigenvalue weighted by molar-refractivity contribution is 0.340. The minimum Gasteiger partial charge on any atom is -0.492 e. The molecule has 1 aromatic carbocycles. The van der Waals surface area contributed by atoms with Gasteiger partial charge in [0, 0.05) is 6.07 Å². The van der Waals surface area contributed by atoms with E-state index >= 15 is 0 Å².